The van der Waals surface area contributed by atoms with Gasteiger partial charge in [-0.1, -0.05) is 20.8 Å². The third-order valence-electron chi connectivity index (χ3n) is 1.63. The van der Waals surface area contributed by atoms with Crippen LogP contribution >= 0.6 is 11.8 Å². The third kappa shape index (κ3) is 6.90. The Balaban J connectivity index is 3.60. The van der Waals surface area contributed by atoms with E-state index in [0.29, 0.717) is 11.0 Å². The highest BCUT2D eigenvalue weighted by molar-refractivity contribution is 8.00. The first-order valence-electron chi connectivity index (χ1n) is 4.62. The third-order valence-corrected chi connectivity index (χ3v) is 2.72. The van der Waals surface area contributed by atoms with Gasteiger partial charge in [0.1, 0.15) is 0 Å². The normalized spacial score (nSPS) is 13.0. The van der Waals surface area contributed by atoms with Crippen molar-refractivity contribution in [3.8, 4) is 0 Å². The van der Waals surface area contributed by atoms with Crippen LogP contribution in [0.5, 0.6) is 0 Å². The Kier molecular flexibility index (Phi) is 7.09. The zero-order valence-corrected chi connectivity index (χ0v) is 9.36. The second-order valence-electron chi connectivity index (χ2n) is 3.22. The molecule has 78 valence electrons. The molecule has 3 nitrogen and oxygen atoms in total. The lowest BCUT2D eigenvalue weighted by molar-refractivity contribution is -0.119. The van der Waals surface area contributed by atoms with Gasteiger partial charge in [0.2, 0.25) is 5.91 Å². The van der Waals surface area contributed by atoms with Gasteiger partial charge in [0.15, 0.2) is 0 Å². The van der Waals surface area contributed by atoms with Crippen molar-refractivity contribution < 1.29 is 9.90 Å². The van der Waals surface area contributed by atoms with Crippen molar-refractivity contribution in [2.24, 2.45) is 0 Å². The Morgan fingerprint density at radius 3 is 2.54 bits per heavy atom. The van der Waals surface area contributed by atoms with Gasteiger partial charge < -0.3 is 10.4 Å². The first kappa shape index (κ1) is 12.8. The second kappa shape index (κ2) is 7.21. The monoisotopic (exact) mass is 205 g/mol. The molecule has 0 rings (SSSR count). The Bertz CT molecular complexity index is 147. The summed E-state index contributed by atoms with van der Waals surface area (Å²) in [5.41, 5.74) is 0. The molecule has 0 fully saturated rings. The van der Waals surface area contributed by atoms with Crippen molar-refractivity contribution >= 4 is 17.7 Å². The van der Waals surface area contributed by atoms with Crippen LogP contribution in [-0.2, 0) is 4.79 Å². The number of aliphatic hydroxyl groups excluding tert-OH is 1. The van der Waals surface area contributed by atoms with Crippen LogP contribution in [0, 0.1) is 0 Å². The standard InChI is InChI=1S/C9H19NO2S/c1-4-8(5-11)10-9(12)6-13-7(2)3/h7-8,11H,4-6H2,1-3H3,(H,10,12)/t8-/m1/s1. The van der Waals surface area contributed by atoms with Crippen molar-refractivity contribution in [1.82, 2.24) is 5.32 Å². The Morgan fingerprint density at radius 2 is 2.15 bits per heavy atom. The molecule has 0 saturated heterocycles. The number of amides is 1. The summed E-state index contributed by atoms with van der Waals surface area (Å²) >= 11 is 1.61. The topological polar surface area (TPSA) is 49.3 Å². The van der Waals surface area contributed by atoms with E-state index < -0.39 is 0 Å². The molecule has 0 aliphatic carbocycles. The summed E-state index contributed by atoms with van der Waals surface area (Å²) in [5, 5.41) is 12.1. The minimum absolute atomic E-state index is 0.0135. The van der Waals surface area contributed by atoms with Crippen LogP contribution in [-0.4, -0.2) is 34.7 Å². The Morgan fingerprint density at radius 1 is 1.54 bits per heavy atom. The van der Waals surface area contributed by atoms with Gasteiger partial charge in [0.05, 0.1) is 18.4 Å². The summed E-state index contributed by atoms with van der Waals surface area (Å²) < 4.78 is 0. The highest BCUT2D eigenvalue weighted by Gasteiger charge is 2.09. The average molecular weight is 205 g/mol. The maximum Gasteiger partial charge on any atom is 0.230 e. The summed E-state index contributed by atoms with van der Waals surface area (Å²) in [5.74, 6) is 0.494. The van der Waals surface area contributed by atoms with Crippen molar-refractivity contribution in [2.45, 2.75) is 38.5 Å². The summed E-state index contributed by atoms with van der Waals surface area (Å²) in [7, 11) is 0. The molecule has 0 aliphatic heterocycles. The van der Waals surface area contributed by atoms with Crippen LogP contribution in [0.15, 0.2) is 0 Å². The van der Waals surface area contributed by atoms with Gasteiger partial charge in [-0.05, 0) is 11.7 Å². The predicted octanol–water partition coefficient (Wildman–Crippen LogP) is 1.02. The van der Waals surface area contributed by atoms with E-state index in [9.17, 15) is 4.79 Å². The summed E-state index contributed by atoms with van der Waals surface area (Å²) in [6.45, 7) is 6.08. The fraction of sp³-hybridized carbons (Fsp3) is 0.889. The molecule has 1 atom stereocenters. The molecule has 0 heterocycles. The smallest absolute Gasteiger partial charge is 0.230 e. The van der Waals surface area contributed by atoms with E-state index in [4.69, 9.17) is 5.11 Å². The number of nitrogens with one attached hydrogen (secondary N) is 1. The molecular weight excluding hydrogens is 186 g/mol. The van der Waals surface area contributed by atoms with Crippen LogP contribution in [0.4, 0.5) is 0 Å². The molecule has 13 heavy (non-hydrogen) atoms. The van der Waals surface area contributed by atoms with E-state index in [1.807, 2.05) is 6.92 Å². The van der Waals surface area contributed by atoms with Crippen LogP contribution in [0.1, 0.15) is 27.2 Å². The number of rotatable bonds is 6. The van der Waals surface area contributed by atoms with E-state index in [2.05, 4.69) is 19.2 Å². The lowest BCUT2D eigenvalue weighted by atomic mass is 10.2. The highest BCUT2D eigenvalue weighted by Crippen LogP contribution is 2.07. The number of carbonyl (C=O) groups is 1. The summed E-state index contributed by atoms with van der Waals surface area (Å²) in [4.78, 5) is 11.2. The van der Waals surface area contributed by atoms with Crippen LogP contribution in [0.3, 0.4) is 0 Å². The van der Waals surface area contributed by atoms with E-state index in [-0.39, 0.29) is 18.6 Å². The molecule has 2 N–H and O–H groups in total. The van der Waals surface area contributed by atoms with Crippen molar-refractivity contribution in [3.63, 3.8) is 0 Å². The van der Waals surface area contributed by atoms with Gasteiger partial charge in [-0.2, -0.15) is 0 Å². The largest absolute Gasteiger partial charge is 0.394 e. The van der Waals surface area contributed by atoms with Crippen LogP contribution < -0.4 is 5.32 Å². The SMILES string of the molecule is CC[C@H](CO)NC(=O)CSC(C)C. The van der Waals surface area contributed by atoms with Gasteiger partial charge in [-0.15, -0.1) is 11.8 Å². The van der Waals surface area contributed by atoms with E-state index in [1.54, 1.807) is 11.8 Å². The number of aliphatic hydroxyl groups is 1. The molecule has 0 saturated carbocycles. The van der Waals surface area contributed by atoms with Gasteiger partial charge >= 0.3 is 0 Å². The lowest BCUT2D eigenvalue weighted by Crippen LogP contribution is -2.38. The molecule has 4 heteroatoms. The number of hydrogen-bond acceptors (Lipinski definition) is 3. The highest BCUT2D eigenvalue weighted by atomic mass is 32.2. The molecule has 0 aromatic rings. The van der Waals surface area contributed by atoms with Crippen molar-refractivity contribution in [1.29, 1.82) is 0 Å². The first-order chi connectivity index (χ1) is 6.10. The minimum Gasteiger partial charge on any atom is -0.394 e. The molecule has 0 spiro atoms. The van der Waals surface area contributed by atoms with Gasteiger partial charge in [0, 0.05) is 0 Å². The second-order valence-corrected chi connectivity index (χ2v) is 4.78. The molecule has 0 unspecified atom stereocenters. The van der Waals surface area contributed by atoms with Crippen molar-refractivity contribution in [3.05, 3.63) is 0 Å². The fourth-order valence-electron chi connectivity index (χ4n) is 0.788. The van der Waals surface area contributed by atoms with Gasteiger partial charge in [-0.25, -0.2) is 0 Å². The lowest BCUT2D eigenvalue weighted by Gasteiger charge is -2.14. The number of thioether (sulfide) groups is 1. The summed E-state index contributed by atoms with van der Waals surface area (Å²) in [6.07, 6.45) is 0.772. The maximum absolute atomic E-state index is 11.2. The molecule has 0 aromatic heterocycles. The van der Waals surface area contributed by atoms with E-state index in [0.717, 1.165) is 6.42 Å². The molecule has 0 aromatic carbocycles. The van der Waals surface area contributed by atoms with E-state index >= 15 is 0 Å². The average Bonchev–Trinajstić information content (AvgIpc) is 2.10. The van der Waals surface area contributed by atoms with Crippen molar-refractivity contribution in [2.75, 3.05) is 12.4 Å². The fourth-order valence-corrected chi connectivity index (χ4v) is 1.36. The molecular formula is C9H19NO2S. The zero-order valence-electron chi connectivity index (χ0n) is 8.54. The number of hydrogen-bond donors (Lipinski definition) is 2. The molecule has 0 radical (unpaired) electrons. The number of carbonyl (C=O) groups excluding carboxylic acids is 1. The Labute approximate surface area is 84.3 Å². The zero-order chi connectivity index (χ0) is 10.3. The molecule has 0 bridgehead atoms. The Hall–Kier alpha value is -0.220. The van der Waals surface area contributed by atoms with Crippen LogP contribution in [0.2, 0.25) is 0 Å². The summed E-state index contributed by atoms with van der Waals surface area (Å²) in [6, 6.07) is -0.0831. The van der Waals surface area contributed by atoms with Gasteiger partial charge in [-0.3, -0.25) is 4.79 Å². The molecule has 0 aliphatic rings. The maximum atomic E-state index is 11.2. The van der Waals surface area contributed by atoms with Crippen LogP contribution in [0.25, 0.3) is 0 Å². The molecule has 1 amide bonds. The predicted molar refractivity (Wildman–Crippen MR) is 56.9 cm³/mol. The minimum atomic E-state index is -0.0831. The first-order valence-corrected chi connectivity index (χ1v) is 5.66. The van der Waals surface area contributed by atoms with E-state index in [1.165, 1.54) is 0 Å². The van der Waals surface area contributed by atoms with Gasteiger partial charge in [0.25, 0.3) is 0 Å². The quantitative estimate of drug-likeness (QED) is 0.680.